The lowest BCUT2D eigenvalue weighted by molar-refractivity contribution is -0.142. The fourth-order valence-corrected chi connectivity index (χ4v) is 2.29. The van der Waals surface area contributed by atoms with E-state index in [2.05, 4.69) is 22.8 Å². The number of carbonyl (C=O) groups excluding carboxylic acids is 1. The molecule has 2 N–H and O–H groups in total. The third-order valence-corrected chi connectivity index (χ3v) is 3.28. The van der Waals surface area contributed by atoms with Crippen molar-refractivity contribution in [1.29, 1.82) is 0 Å². The summed E-state index contributed by atoms with van der Waals surface area (Å²) in [5, 5.41) is 6.60. The Morgan fingerprint density at radius 1 is 1.42 bits per heavy atom. The summed E-state index contributed by atoms with van der Waals surface area (Å²) < 4.78 is 5.06. The zero-order valence-electron chi connectivity index (χ0n) is 10.9. The second-order valence-electron chi connectivity index (χ2n) is 4.67. The summed E-state index contributed by atoms with van der Waals surface area (Å²) in [5.41, 5.74) is 1.26. The summed E-state index contributed by atoms with van der Waals surface area (Å²) in [6.45, 7) is 2.62. The molecule has 0 aliphatic carbocycles. The Kier molecular flexibility index (Phi) is 4.74. The Morgan fingerprint density at radius 2 is 2.16 bits per heavy atom. The lowest BCUT2D eigenvalue weighted by Gasteiger charge is -2.13. The van der Waals surface area contributed by atoms with Crippen molar-refractivity contribution in [3.63, 3.8) is 0 Å². The van der Waals surface area contributed by atoms with Crippen LogP contribution < -0.4 is 10.6 Å². The molecule has 0 spiro atoms. The Morgan fingerprint density at radius 3 is 2.79 bits per heavy atom. The van der Waals surface area contributed by atoms with Gasteiger partial charge in [-0.3, -0.25) is 0 Å². The van der Waals surface area contributed by atoms with Gasteiger partial charge >= 0.3 is 5.97 Å². The fourth-order valence-electron chi connectivity index (χ4n) is 2.05. The molecule has 0 radical (unpaired) electrons. The number of esters is 1. The van der Waals surface area contributed by atoms with Crippen LogP contribution >= 0.6 is 12.2 Å². The molecule has 0 saturated carbocycles. The lowest BCUT2D eigenvalue weighted by Crippen LogP contribution is -2.44. The molecule has 5 heteroatoms. The molecular formula is C14H18N2O2S. The van der Waals surface area contributed by atoms with Gasteiger partial charge in [0.1, 0.15) is 12.1 Å². The van der Waals surface area contributed by atoms with Crippen LogP contribution in [0.15, 0.2) is 30.3 Å². The highest BCUT2D eigenvalue weighted by molar-refractivity contribution is 7.80. The van der Waals surface area contributed by atoms with Crippen LogP contribution in [-0.4, -0.2) is 29.8 Å². The summed E-state index contributed by atoms with van der Waals surface area (Å²) in [5.74, 6) is -0.222. The van der Waals surface area contributed by atoms with Crippen LogP contribution in [-0.2, 0) is 16.0 Å². The van der Waals surface area contributed by atoms with E-state index in [0.29, 0.717) is 11.5 Å². The molecule has 1 aromatic rings. The van der Waals surface area contributed by atoms with Crippen molar-refractivity contribution in [2.45, 2.75) is 31.9 Å². The predicted molar refractivity (Wildman–Crippen MR) is 77.8 cm³/mol. The maximum Gasteiger partial charge on any atom is 0.329 e. The largest absolute Gasteiger partial charge is 0.461 e. The molecule has 1 aromatic carbocycles. The first-order valence-corrected chi connectivity index (χ1v) is 6.85. The number of ether oxygens (including phenoxy) is 1. The topological polar surface area (TPSA) is 50.4 Å². The molecule has 0 bridgehead atoms. The minimum absolute atomic E-state index is 0.0304. The van der Waals surface area contributed by atoms with Gasteiger partial charge in [-0.15, -0.1) is 0 Å². The minimum atomic E-state index is -0.313. The molecule has 1 saturated heterocycles. The fraction of sp³-hybridized carbons (Fsp3) is 0.429. The van der Waals surface area contributed by atoms with Gasteiger partial charge in [0, 0.05) is 13.0 Å². The first-order valence-electron chi connectivity index (χ1n) is 6.44. The van der Waals surface area contributed by atoms with Crippen molar-refractivity contribution in [3.05, 3.63) is 35.9 Å². The molecule has 1 fully saturated rings. The number of hydrogen-bond acceptors (Lipinski definition) is 3. The molecule has 0 aromatic heterocycles. The summed E-state index contributed by atoms with van der Waals surface area (Å²) >= 11 is 5.17. The average Bonchev–Trinajstić information content (AvgIpc) is 2.69. The van der Waals surface area contributed by atoms with Crippen LogP contribution in [0.5, 0.6) is 0 Å². The van der Waals surface area contributed by atoms with E-state index >= 15 is 0 Å². The zero-order valence-corrected chi connectivity index (χ0v) is 11.7. The Bertz CT molecular complexity index is 450. The second-order valence-corrected chi connectivity index (χ2v) is 5.08. The Hall–Kier alpha value is -1.62. The van der Waals surface area contributed by atoms with Gasteiger partial charge in [-0.1, -0.05) is 30.3 Å². The molecule has 0 amide bonds. The van der Waals surface area contributed by atoms with Gasteiger partial charge in [0.25, 0.3) is 0 Å². The molecule has 102 valence electrons. The number of thiocarbonyl (C=S) groups is 1. The van der Waals surface area contributed by atoms with Crippen LogP contribution in [0.1, 0.15) is 18.9 Å². The van der Waals surface area contributed by atoms with E-state index < -0.39 is 0 Å². The van der Waals surface area contributed by atoms with Crippen LogP contribution in [0.25, 0.3) is 0 Å². The number of nitrogens with one attached hydrogen (secondary N) is 2. The maximum absolute atomic E-state index is 11.4. The van der Waals surface area contributed by atoms with Crippen molar-refractivity contribution in [2.75, 3.05) is 6.54 Å². The van der Waals surface area contributed by atoms with Gasteiger partial charge in [-0.05, 0) is 31.1 Å². The Balaban J connectivity index is 1.69. The molecule has 1 aliphatic rings. The first-order chi connectivity index (χ1) is 9.15. The molecule has 19 heavy (non-hydrogen) atoms. The quantitative estimate of drug-likeness (QED) is 0.644. The SMILES string of the molecule is C[C@H]1C[C@@H](NC(=S)NCCc2ccccc2)C(=O)O1. The summed E-state index contributed by atoms with van der Waals surface area (Å²) in [6.07, 6.45) is 1.53. The number of cyclic esters (lactones) is 1. The molecule has 1 heterocycles. The van der Waals surface area contributed by atoms with Gasteiger partial charge < -0.3 is 15.4 Å². The van der Waals surface area contributed by atoms with Gasteiger partial charge in [-0.2, -0.15) is 0 Å². The predicted octanol–water partition coefficient (Wildman–Crippen LogP) is 1.40. The zero-order chi connectivity index (χ0) is 13.7. The molecule has 2 rings (SSSR count). The third kappa shape index (κ3) is 4.21. The second kappa shape index (κ2) is 6.52. The number of rotatable bonds is 4. The van der Waals surface area contributed by atoms with E-state index in [4.69, 9.17) is 17.0 Å². The molecule has 2 atom stereocenters. The summed E-state index contributed by atoms with van der Waals surface area (Å²) in [6, 6.07) is 9.87. The van der Waals surface area contributed by atoms with Crippen molar-refractivity contribution in [2.24, 2.45) is 0 Å². The smallest absolute Gasteiger partial charge is 0.329 e. The van der Waals surface area contributed by atoms with Crippen LogP contribution in [0.3, 0.4) is 0 Å². The monoisotopic (exact) mass is 278 g/mol. The standard InChI is InChI=1S/C14H18N2O2S/c1-10-9-12(13(17)18-10)16-14(19)15-8-7-11-5-3-2-4-6-11/h2-6,10,12H,7-9H2,1H3,(H2,15,16,19)/t10-,12+/m0/s1. The highest BCUT2D eigenvalue weighted by Gasteiger charge is 2.32. The van der Waals surface area contributed by atoms with E-state index in [-0.39, 0.29) is 18.1 Å². The number of hydrogen-bond donors (Lipinski definition) is 2. The van der Waals surface area contributed by atoms with E-state index in [0.717, 1.165) is 13.0 Å². The van der Waals surface area contributed by atoms with Gasteiger partial charge in [0.05, 0.1) is 0 Å². The van der Waals surface area contributed by atoms with Crippen LogP contribution in [0, 0.1) is 0 Å². The third-order valence-electron chi connectivity index (χ3n) is 3.02. The minimum Gasteiger partial charge on any atom is -0.461 e. The van der Waals surface area contributed by atoms with E-state index in [1.54, 1.807) is 0 Å². The van der Waals surface area contributed by atoms with Gasteiger partial charge in [0.15, 0.2) is 5.11 Å². The Labute approximate surface area is 118 Å². The number of benzene rings is 1. The summed E-state index contributed by atoms with van der Waals surface area (Å²) in [4.78, 5) is 11.4. The van der Waals surface area contributed by atoms with Gasteiger partial charge in [-0.25, -0.2) is 4.79 Å². The van der Waals surface area contributed by atoms with Crippen molar-refractivity contribution >= 4 is 23.3 Å². The van der Waals surface area contributed by atoms with Crippen molar-refractivity contribution in [1.82, 2.24) is 10.6 Å². The van der Waals surface area contributed by atoms with Gasteiger partial charge in [0.2, 0.25) is 0 Å². The van der Waals surface area contributed by atoms with Crippen molar-refractivity contribution in [3.8, 4) is 0 Å². The molecule has 0 unspecified atom stereocenters. The summed E-state index contributed by atoms with van der Waals surface area (Å²) in [7, 11) is 0. The van der Waals surface area contributed by atoms with Crippen molar-refractivity contribution < 1.29 is 9.53 Å². The number of carbonyl (C=O) groups is 1. The average molecular weight is 278 g/mol. The molecule has 4 nitrogen and oxygen atoms in total. The van der Waals surface area contributed by atoms with Crippen LogP contribution in [0.4, 0.5) is 0 Å². The van der Waals surface area contributed by atoms with E-state index in [1.165, 1.54) is 5.56 Å². The highest BCUT2D eigenvalue weighted by Crippen LogP contribution is 2.13. The molecular weight excluding hydrogens is 260 g/mol. The lowest BCUT2D eigenvalue weighted by atomic mass is 10.1. The van der Waals surface area contributed by atoms with E-state index in [9.17, 15) is 4.79 Å². The first kappa shape index (κ1) is 13.8. The highest BCUT2D eigenvalue weighted by atomic mass is 32.1. The molecule has 1 aliphatic heterocycles. The van der Waals surface area contributed by atoms with Crippen LogP contribution in [0.2, 0.25) is 0 Å². The maximum atomic E-state index is 11.4. The normalized spacial score (nSPS) is 21.8. The van der Waals surface area contributed by atoms with E-state index in [1.807, 2.05) is 25.1 Å².